The average molecular weight is 343 g/mol. The maximum Gasteiger partial charge on any atom is 0.255 e. The molecule has 0 radical (unpaired) electrons. The van der Waals surface area contributed by atoms with E-state index in [-0.39, 0.29) is 5.91 Å². The van der Waals surface area contributed by atoms with E-state index in [0.717, 1.165) is 27.7 Å². The molecule has 1 amide bonds. The Morgan fingerprint density at radius 2 is 2.24 bits per heavy atom. The molecule has 1 aromatic carbocycles. The van der Waals surface area contributed by atoms with Gasteiger partial charge in [-0.3, -0.25) is 4.79 Å². The molecule has 0 N–H and O–H groups in total. The van der Waals surface area contributed by atoms with E-state index in [1.165, 1.54) is 0 Å². The summed E-state index contributed by atoms with van der Waals surface area (Å²) in [7, 11) is 0. The summed E-state index contributed by atoms with van der Waals surface area (Å²) in [4.78, 5) is 14.2. The minimum absolute atomic E-state index is 0.0971. The van der Waals surface area contributed by atoms with Crippen LogP contribution in [0.4, 0.5) is 0 Å². The summed E-state index contributed by atoms with van der Waals surface area (Å²) in [6.07, 6.45) is 2.73. The van der Waals surface area contributed by atoms with Gasteiger partial charge in [0.25, 0.3) is 5.91 Å². The van der Waals surface area contributed by atoms with Crippen LogP contribution in [-0.2, 0) is 0 Å². The predicted molar refractivity (Wildman–Crippen MR) is 80.3 cm³/mol. The van der Waals surface area contributed by atoms with Crippen molar-refractivity contribution in [2.24, 2.45) is 0 Å². The van der Waals surface area contributed by atoms with Crippen molar-refractivity contribution in [3.05, 3.63) is 45.6 Å². The molecule has 0 fully saturated rings. The van der Waals surface area contributed by atoms with E-state index in [0.29, 0.717) is 6.54 Å². The molecule has 0 aliphatic carbocycles. The molecule has 0 heterocycles. The highest BCUT2D eigenvalue weighted by Crippen LogP contribution is 2.18. The molecule has 0 unspecified atom stereocenters. The van der Waals surface area contributed by atoms with Gasteiger partial charge in [0.1, 0.15) is 0 Å². The Bertz CT molecular complexity index is 415. The van der Waals surface area contributed by atoms with Crippen molar-refractivity contribution in [2.45, 2.75) is 20.3 Å². The first kappa shape index (κ1) is 14.2. The fraction of sp³-hybridized carbons (Fsp3) is 0.357. The maximum atomic E-state index is 12.4. The minimum Gasteiger partial charge on any atom is -0.335 e. The second-order valence-electron chi connectivity index (χ2n) is 3.98. The lowest BCUT2D eigenvalue weighted by atomic mass is 10.1. The lowest BCUT2D eigenvalue weighted by Gasteiger charge is -2.21. The lowest BCUT2D eigenvalue weighted by molar-refractivity contribution is 0.0773. The second-order valence-corrected chi connectivity index (χ2v) is 5.06. The third-order valence-corrected chi connectivity index (χ3v) is 3.98. The Balaban J connectivity index is 3.00. The summed E-state index contributed by atoms with van der Waals surface area (Å²) >= 11 is 2.24. The first-order valence-corrected chi connectivity index (χ1v) is 6.85. The molecule has 0 bridgehead atoms. The van der Waals surface area contributed by atoms with Gasteiger partial charge in [0, 0.05) is 16.7 Å². The quantitative estimate of drug-likeness (QED) is 0.591. The Kier molecular flexibility index (Phi) is 5.68. The number of carbonyl (C=O) groups is 1. The van der Waals surface area contributed by atoms with Crippen molar-refractivity contribution >= 4 is 28.5 Å². The Morgan fingerprint density at radius 1 is 1.53 bits per heavy atom. The molecule has 0 aliphatic rings. The number of nitrogens with zero attached hydrogens (tertiary/aromatic N) is 1. The summed E-state index contributed by atoms with van der Waals surface area (Å²) in [5.41, 5.74) is 1.94. The Morgan fingerprint density at radius 3 is 2.82 bits per heavy atom. The van der Waals surface area contributed by atoms with Crippen LogP contribution in [0.15, 0.2) is 30.9 Å². The number of rotatable bonds is 5. The van der Waals surface area contributed by atoms with Gasteiger partial charge < -0.3 is 4.90 Å². The number of hydrogen-bond donors (Lipinski definition) is 0. The zero-order chi connectivity index (χ0) is 12.8. The van der Waals surface area contributed by atoms with Crippen molar-refractivity contribution < 1.29 is 4.79 Å². The summed E-state index contributed by atoms with van der Waals surface area (Å²) in [6, 6.07) is 5.85. The number of amides is 1. The van der Waals surface area contributed by atoms with Crippen molar-refractivity contribution in [3.63, 3.8) is 0 Å². The highest BCUT2D eigenvalue weighted by atomic mass is 127. The Hall–Kier alpha value is -0.840. The number of halogens is 1. The van der Waals surface area contributed by atoms with Crippen LogP contribution < -0.4 is 0 Å². The summed E-state index contributed by atoms with van der Waals surface area (Å²) in [5, 5.41) is 0. The van der Waals surface area contributed by atoms with Crippen LogP contribution in [0.1, 0.15) is 29.3 Å². The second kappa shape index (κ2) is 6.79. The molecule has 0 spiro atoms. The molecule has 0 saturated heterocycles. The Labute approximate surface area is 117 Å². The van der Waals surface area contributed by atoms with Crippen LogP contribution in [0.5, 0.6) is 0 Å². The van der Waals surface area contributed by atoms with Gasteiger partial charge in [0.2, 0.25) is 0 Å². The number of benzene rings is 1. The molecule has 17 heavy (non-hydrogen) atoms. The summed E-state index contributed by atoms with van der Waals surface area (Å²) in [5.74, 6) is 0.0971. The maximum absolute atomic E-state index is 12.4. The van der Waals surface area contributed by atoms with Crippen LogP contribution in [0, 0.1) is 10.5 Å². The van der Waals surface area contributed by atoms with Crippen molar-refractivity contribution in [3.8, 4) is 0 Å². The highest BCUT2D eigenvalue weighted by molar-refractivity contribution is 14.1. The monoisotopic (exact) mass is 343 g/mol. The molecule has 0 saturated carbocycles. The normalized spacial score (nSPS) is 10.1. The summed E-state index contributed by atoms with van der Waals surface area (Å²) < 4.78 is 1.04. The molecule has 92 valence electrons. The first-order chi connectivity index (χ1) is 8.11. The molecule has 0 atom stereocenters. The van der Waals surface area contributed by atoms with E-state index in [2.05, 4.69) is 36.1 Å². The van der Waals surface area contributed by atoms with E-state index in [1.807, 2.05) is 30.0 Å². The molecule has 2 nitrogen and oxygen atoms in total. The largest absolute Gasteiger partial charge is 0.335 e. The fourth-order valence-corrected chi connectivity index (χ4v) is 2.27. The third-order valence-electron chi connectivity index (χ3n) is 2.55. The van der Waals surface area contributed by atoms with Crippen LogP contribution in [0.2, 0.25) is 0 Å². The summed E-state index contributed by atoms with van der Waals surface area (Å²) in [6.45, 7) is 9.18. The van der Waals surface area contributed by atoms with Gasteiger partial charge in [-0.05, 0) is 47.6 Å². The van der Waals surface area contributed by atoms with Gasteiger partial charge in [-0.1, -0.05) is 25.1 Å². The van der Waals surface area contributed by atoms with Crippen LogP contribution in [0.3, 0.4) is 0 Å². The van der Waals surface area contributed by atoms with Gasteiger partial charge >= 0.3 is 0 Å². The van der Waals surface area contributed by atoms with E-state index < -0.39 is 0 Å². The van der Waals surface area contributed by atoms with E-state index >= 15 is 0 Å². The van der Waals surface area contributed by atoms with Crippen LogP contribution in [-0.4, -0.2) is 23.9 Å². The molecule has 0 aliphatic heterocycles. The molecule has 1 rings (SSSR count). The number of carbonyl (C=O) groups excluding carboxylic acids is 1. The van der Waals surface area contributed by atoms with Crippen molar-refractivity contribution in [1.82, 2.24) is 4.90 Å². The van der Waals surface area contributed by atoms with Gasteiger partial charge in [-0.25, -0.2) is 0 Å². The zero-order valence-corrected chi connectivity index (χ0v) is 12.5. The average Bonchev–Trinajstić information content (AvgIpc) is 2.31. The molecule has 1 aromatic rings. The highest BCUT2D eigenvalue weighted by Gasteiger charge is 2.16. The molecular formula is C14H18INO. The topological polar surface area (TPSA) is 20.3 Å². The van der Waals surface area contributed by atoms with Gasteiger partial charge in [0.15, 0.2) is 0 Å². The number of aryl methyl sites for hydroxylation is 1. The zero-order valence-electron chi connectivity index (χ0n) is 10.4. The smallest absolute Gasteiger partial charge is 0.255 e. The standard InChI is InChI=1S/C14H18INO/c1-4-9-16(10-5-2)14(17)12-8-6-7-11(3)13(12)15/h4,6-8H,1,5,9-10H2,2-3H3. The third kappa shape index (κ3) is 3.56. The van der Waals surface area contributed by atoms with Crippen molar-refractivity contribution in [2.75, 3.05) is 13.1 Å². The van der Waals surface area contributed by atoms with E-state index in [4.69, 9.17) is 0 Å². The first-order valence-electron chi connectivity index (χ1n) is 5.77. The van der Waals surface area contributed by atoms with Crippen LogP contribution in [0.25, 0.3) is 0 Å². The lowest BCUT2D eigenvalue weighted by Crippen LogP contribution is -2.32. The van der Waals surface area contributed by atoms with E-state index in [9.17, 15) is 4.79 Å². The van der Waals surface area contributed by atoms with E-state index in [1.54, 1.807) is 6.08 Å². The fourth-order valence-electron chi connectivity index (χ4n) is 1.68. The SMILES string of the molecule is C=CCN(CCC)C(=O)c1cccc(C)c1I. The molecule has 3 heteroatoms. The minimum atomic E-state index is 0.0971. The van der Waals surface area contributed by atoms with Crippen LogP contribution >= 0.6 is 22.6 Å². The van der Waals surface area contributed by atoms with Gasteiger partial charge in [-0.15, -0.1) is 6.58 Å². The number of hydrogen-bond acceptors (Lipinski definition) is 1. The van der Waals surface area contributed by atoms with Gasteiger partial charge in [-0.2, -0.15) is 0 Å². The van der Waals surface area contributed by atoms with Gasteiger partial charge in [0.05, 0.1) is 5.56 Å². The molecule has 0 aromatic heterocycles. The van der Waals surface area contributed by atoms with Crippen molar-refractivity contribution in [1.29, 1.82) is 0 Å². The predicted octanol–water partition coefficient (Wildman–Crippen LogP) is 3.64. The molecular weight excluding hydrogens is 325 g/mol.